The first-order chi connectivity index (χ1) is 16.4. The molecule has 5 nitrogen and oxygen atoms in total. The maximum Gasteiger partial charge on any atom is 0.185 e. The fraction of sp³-hybridized carbons (Fsp3) is 0.414. The summed E-state index contributed by atoms with van der Waals surface area (Å²) in [7, 11) is 8.25. The molecule has 0 radical (unpaired) electrons. The molecule has 2 aromatic carbocycles. The summed E-state index contributed by atoms with van der Waals surface area (Å²) in [6, 6.07) is 16.0. The molecular weight excluding hydrogens is 424 g/mol. The molecule has 0 amide bonds. The van der Waals surface area contributed by atoms with Crippen molar-refractivity contribution in [3.8, 4) is 11.5 Å². The summed E-state index contributed by atoms with van der Waals surface area (Å²) in [4.78, 5) is 17.2. The van der Waals surface area contributed by atoms with Crippen molar-refractivity contribution in [3.05, 3.63) is 70.8 Å². The molecule has 2 aromatic rings. The van der Waals surface area contributed by atoms with Gasteiger partial charge in [0.2, 0.25) is 0 Å². The summed E-state index contributed by atoms with van der Waals surface area (Å²) in [5, 5.41) is 0. The van der Waals surface area contributed by atoms with Crippen LogP contribution in [0.4, 0.5) is 0 Å². The van der Waals surface area contributed by atoms with Crippen molar-refractivity contribution in [2.75, 3.05) is 54.5 Å². The predicted octanol–water partition coefficient (Wildman–Crippen LogP) is 5.18. The summed E-state index contributed by atoms with van der Waals surface area (Å²) < 4.78 is 11.6. The third-order valence-corrected chi connectivity index (χ3v) is 5.73. The van der Waals surface area contributed by atoms with Gasteiger partial charge in [0.15, 0.2) is 5.78 Å². The van der Waals surface area contributed by atoms with Crippen molar-refractivity contribution >= 4 is 17.9 Å². The number of ether oxygens (including phenoxy) is 2. The molecule has 5 heteroatoms. The van der Waals surface area contributed by atoms with Crippen LogP contribution in [0.3, 0.4) is 0 Å². The highest BCUT2D eigenvalue weighted by atomic mass is 16.5. The molecule has 0 bridgehead atoms. The van der Waals surface area contributed by atoms with Crippen molar-refractivity contribution in [3.63, 3.8) is 0 Å². The van der Waals surface area contributed by atoms with Gasteiger partial charge in [0.05, 0.1) is 13.2 Å². The van der Waals surface area contributed by atoms with E-state index in [2.05, 4.69) is 38.0 Å². The van der Waals surface area contributed by atoms with Gasteiger partial charge in [-0.2, -0.15) is 0 Å². The first-order valence-corrected chi connectivity index (χ1v) is 12.1. The lowest BCUT2D eigenvalue weighted by Gasteiger charge is -2.10. The topological polar surface area (TPSA) is 42.0 Å². The third-order valence-electron chi connectivity index (χ3n) is 5.73. The molecule has 0 aromatic heterocycles. The van der Waals surface area contributed by atoms with Crippen molar-refractivity contribution in [1.82, 2.24) is 9.80 Å². The van der Waals surface area contributed by atoms with E-state index in [1.165, 1.54) is 0 Å². The second-order valence-electron chi connectivity index (χ2n) is 9.32. The lowest BCUT2D eigenvalue weighted by molar-refractivity contribution is -0.111. The Morgan fingerprint density at radius 1 is 0.676 bits per heavy atom. The summed E-state index contributed by atoms with van der Waals surface area (Å²) in [6.45, 7) is 3.43. The maximum absolute atomic E-state index is 12.9. The Morgan fingerprint density at radius 2 is 1.06 bits per heavy atom. The number of ketones is 1. The largest absolute Gasteiger partial charge is 0.494 e. The minimum Gasteiger partial charge on any atom is -0.494 e. The molecule has 1 aliphatic carbocycles. The molecule has 0 aliphatic heterocycles. The molecule has 1 aliphatic rings. The number of hydrogen-bond donors (Lipinski definition) is 0. The minimum atomic E-state index is 0.146. The first kappa shape index (κ1) is 25.7. The van der Waals surface area contributed by atoms with Crippen molar-refractivity contribution in [2.45, 2.75) is 25.7 Å². The second-order valence-corrected chi connectivity index (χ2v) is 9.32. The van der Waals surface area contributed by atoms with Crippen LogP contribution < -0.4 is 9.47 Å². The zero-order chi connectivity index (χ0) is 24.3. The highest BCUT2D eigenvalue weighted by Crippen LogP contribution is 2.30. The van der Waals surface area contributed by atoms with Crippen LogP contribution in [0.1, 0.15) is 36.8 Å². The quantitative estimate of drug-likeness (QED) is 0.321. The monoisotopic (exact) mass is 462 g/mol. The van der Waals surface area contributed by atoms with E-state index in [-0.39, 0.29) is 5.78 Å². The van der Waals surface area contributed by atoms with Gasteiger partial charge in [-0.1, -0.05) is 24.3 Å². The lowest BCUT2D eigenvalue weighted by atomic mass is 10.1. The zero-order valence-electron chi connectivity index (χ0n) is 21.0. The Bertz CT molecular complexity index is 894. The summed E-state index contributed by atoms with van der Waals surface area (Å²) >= 11 is 0. The number of carbonyl (C=O) groups is 1. The Hall–Kier alpha value is -2.89. The first-order valence-electron chi connectivity index (χ1n) is 12.1. The molecule has 0 N–H and O–H groups in total. The van der Waals surface area contributed by atoms with Crippen molar-refractivity contribution in [1.29, 1.82) is 0 Å². The average Bonchev–Trinajstić information content (AvgIpc) is 3.15. The van der Waals surface area contributed by atoms with E-state index in [0.29, 0.717) is 13.2 Å². The number of carbonyl (C=O) groups excluding carboxylic acids is 1. The van der Waals surface area contributed by atoms with Gasteiger partial charge in [-0.3, -0.25) is 4.79 Å². The smallest absolute Gasteiger partial charge is 0.185 e. The average molecular weight is 463 g/mol. The number of nitrogens with zero attached hydrogens (tertiary/aromatic N) is 2. The molecule has 182 valence electrons. The lowest BCUT2D eigenvalue weighted by Crippen LogP contribution is -2.15. The van der Waals surface area contributed by atoms with Crippen LogP contribution in [0.25, 0.3) is 12.2 Å². The number of rotatable bonds is 12. The van der Waals surface area contributed by atoms with Crippen LogP contribution in [0, 0.1) is 0 Å². The van der Waals surface area contributed by atoms with E-state index in [0.717, 1.165) is 72.5 Å². The van der Waals surface area contributed by atoms with Gasteiger partial charge in [0.1, 0.15) is 11.5 Å². The van der Waals surface area contributed by atoms with Gasteiger partial charge in [0, 0.05) is 24.2 Å². The third kappa shape index (κ3) is 8.47. The molecule has 0 atom stereocenters. The molecule has 0 spiro atoms. The fourth-order valence-corrected chi connectivity index (χ4v) is 3.84. The van der Waals surface area contributed by atoms with Crippen LogP contribution >= 0.6 is 0 Å². The molecule has 1 saturated carbocycles. The van der Waals surface area contributed by atoms with Crippen LogP contribution in [0.15, 0.2) is 59.7 Å². The van der Waals surface area contributed by atoms with E-state index < -0.39 is 0 Å². The minimum absolute atomic E-state index is 0.146. The second kappa shape index (κ2) is 13.1. The SMILES string of the molecule is CN(C)CCCOc1ccc(/C=C2\CC/C(=C\c3ccc(OCCCN(C)C)cc3)C2=O)cc1. The Kier molecular flexibility index (Phi) is 9.92. The number of Topliss-reactive ketones (excluding diaryl/α,β-unsaturated/α-hetero) is 1. The van der Waals surface area contributed by atoms with Crippen LogP contribution in [-0.2, 0) is 4.79 Å². The van der Waals surface area contributed by atoms with Gasteiger partial charge >= 0.3 is 0 Å². The Morgan fingerprint density at radius 3 is 1.41 bits per heavy atom. The van der Waals surface area contributed by atoms with E-state index >= 15 is 0 Å². The Balaban J connectivity index is 1.52. The van der Waals surface area contributed by atoms with Crippen LogP contribution in [0.2, 0.25) is 0 Å². The number of allylic oxidation sites excluding steroid dienone is 2. The standard InChI is InChI=1S/C29H38N2O3/c1-30(2)17-5-19-33-27-13-7-23(8-14-27)21-25-11-12-26(29(25)32)22-24-9-15-28(16-10-24)34-20-6-18-31(3)4/h7-10,13-16,21-22H,5-6,11-12,17-20H2,1-4H3/b25-21+,26-22+. The van der Waals surface area contributed by atoms with Crippen molar-refractivity contribution in [2.24, 2.45) is 0 Å². The predicted molar refractivity (Wildman–Crippen MR) is 140 cm³/mol. The van der Waals surface area contributed by atoms with E-state index in [1.807, 2.05) is 60.7 Å². The van der Waals surface area contributed by atoms with E-state index in [1.54, 1.807) is 0 Å². The fourth-order valence-electron chi connectivity index (χ4n) is 3.84. The van der Waals surface area contributed by atoms with Gasteiger partial charge in [0.25, 0.3) is 0 Å². The van der Waals surface area contributed by atoms with Gasteiger partial charge < -0.3 is 19.3 Å². The Labute approximate surface area is 204 Å². The molecule has 0 saturated heterocycles. The van der Waals surface area contributed by atoms with Gasteiger partial charge in [-0.25, -0.2) is 0 Å². The van der Waals surface area contributed by atoms with Crippen molar-refractivity contribution < 1.29 is 14.3 Å². The molecule has 0 unspecified atom stereocenters. The highest BCUT2D eigenvalue weighted by Gasteiger charge is 2.22. The highest BCUT2D eigenvalue weighted by molar-refractivity contribution is 6.15. The molecular formula is C29H38N2O3. The van der Waals surface area contributed by atoms with Crippen LogP contribution in [0.5, 0.6) is 11.5 Å². The molecule has 34 heavy (non-hydrogen) atoms. The maximum atomic E-state index is 12.9. The van der Waals surface area contributed by atoms with E-state index in [4.69, 9.17) is 9.47 Å². The summed E-state index contributed by atoms with van der Waals surface area (Å²) in [5.41, 5.74) is 3.79. The molecule has 1 fully saturated rings. The number of benzene rings is 2. The van der Waals surface area contributed by atoms with Gasteiger partial charge in [-0.15, -0.1) is 0 Å². The van der Waals surface area contributed by atoms with E-state index in [9.17, 15) is 4.79 Å². The number of hydrogen-bond acceptors (Lipinski definition) is 5. The summed E-state index contributed by atoms with van der Waals surface area (Å²) in [5.74, 6) is 1.88. The normalized spacial score (nSPS) is 16.2. The zero-order valence-corrected chi connectivity index (χ0v) is 21.0. The van der Waals surface area contributed by atoms with Gasteiger partial charge in [-0.05, 0) is 101 Å². The molecule has 3 rings (SSSR count). The van der Waals surface area contributed by atoms with Crippen LogP contribution in [-0.4, -0.2) is 70.1 Å². The summed E-state index contributed by atoms with van der Waals surface area (Å²) in [6.07, 6.45) is 7.55. The molecule has 0 heterocycles.